The van der Waals surface area contributed by atoms with E-state index in [4.69, 9.17) is 31.9 Å². The van der Waals surface area contributed by atoms with Crippen LogP contribution in [-0.4, -0.2) is 44.1 Å². The molecular weight excluding hydrogens is 854 g/mol. The summed E-state index contributed by atoms with van der Waals surface area (Å²) in [4.78, 5) is 26.8. The molecule has 0 fully saturated rings. The summed E-state index contributed by atoms with van der Waals surface area (Å²) in [6.45, 7) is 22.9. The Labute approximate surface area is 388 Å². The molecule has 1 atom stereocenters. The van der Waals surface area contributed by atoms with E-state index in [0.717, 1.165) is 85.1 Å². The van der Waals surface area contributed by atoms with Crippen LogP contribution in [0.3, 0.4) is 0 Å². The van der Waals surface area contributed by atoms with Crippen LogP contribution in [0.1, 0.15) is 104 Å². The van der Waals surface area contributed by atoms with Crippen LogP contribution in [0.2, 0.25) is 0 Å². The van der Waals surface area contributed by atoms with E-state index >= 15 is 0 Å². The minimum Gasteiger partial charge on any atom is -0.338 e. The number of hydrogen-bond acceptors (Lipinski definition) is 5. The van der Waals surface area contributed by atoms with Crippen molar-refractivity contribution in [3.63, 3.8) is 0 Å². The third-order valence-electron chi connectivity index (χ3n) is 10.1. The van der Waals surface area contributed by atoms with E-state index in [2.05, 4.69) is 113 Å². The fourth-order valence-corrected chi connectivity index (χ4v) is 8.05. The molecule has 6 bridgehead atoms. The monoisotopic (exact) mass is 908 g/mol. The van der Waals surface area contributed by atoms with Gasteiger partial charge in [-0.1, -0.05) is 147 Å². The average molecular weight is 909 g/mol. The number of nitrogens with zero attached hydrogens (tertiary/aromatic N) is 8. The third kappa shape index (κ3) is 7.28. The fraction of sp³-hybridized carbons (Fsp3) is 0.298. The van der Waals surface area contributed by atoms with Crippen molar-refractivity contribution in [1.29, 1.82) is 0 Å². The van der Waals surface area contributed by atoms with Crippen molar-refractivity contribution in [3.05, 3.63) is 137 Å². The average Bonchev–Trinajstić information content (AvgIpc) is 3.99. The van der Waals surface area contributed by atoms with E-state index in [0.29, 0.717) is 23.9 Å². The zero-order valence-electron chi connectivity index (χ0n) is 35.3. The topological polar surface area (TPSA) is 74.7 Å². The Morgan fingerprint density at radius 3 is 1.46 bits per heavy atom. The van der Waals surface area contributed by atoms with Gasteiger partial charge in [-0.15, -0.1) is 6.42 Å². The van der Waals surface area contributed by atoms with Crippen LogP contribution in [0.5, 0.6) is 0 Å². The van der Waals surface area contributed by atoms with Gasteiger partial charge in [-0.3, -0.25) is 4.57 Å². The van der Waals surface area contributed by atoms with Crippen LogP contribution in [0.15, 0.2) is 122 Å². The molecule has 0 spiro atoms. The second-order valence-electron chi connectivity index (χ2n) is 12.5. The molecule has 0 amide bonds. The first-order valence-electron chi connectivity index (χ1n) is 20.2. The van der Waals surface area contributed by atoms with Crippen molar-refractivity contribution >= 4 is 56.5 Å². The van der Waals surface area contributed by atoms with Crippen molar-refractivity contribution < 1.29 is 70.0 Å². The summed E-state index contributed by atoms with van der Waals surface area (Å²) in [5.41, 5.74) is 4.87. The molecule has 10 rings (SSSR count). The fourth-order valence-electron chi connectivity index (χ4n) is 8.05. The first-order valence-corrected chi connectivity index (χ1v) is 20.2. The van der Waals surface area contributed by atoms with Crippen LogP contribution < -0.4 is 11.0 Å². The molecule has 2 radical (unpaired) electrons. The van der Waals surface area contributed by atoms with Gasteiger partial charge in [-0.25, -0.2) is 19.1 Å². The Hall–Kier alpha value is -3.55. The summed E-state index contributed by atoms with van der Waals surface area (Å²) in [6, 6.07) is 33.6. The van der Waals surface area contributed by atoms with Crippen LogP contribution in [-0.2, 0) is 71.1 Å². The molecule has 4 aliphatic heterocycles. The number of aromatic nitrogens is 2. The number of hydrogen-bond donors (Lipinski definition) is 0. The Morgan fingerprint density at radius 2 is 0.947 bits per heavy atom. The molecule has 57 heavy (non-hydrogen) atoms. The zero-order chi connectivity index (χ0) is 39.4. The van der Waals surface area contributed by atoms with E-state index in [1.54, 1.807) is 0 Å². The summed E-state index contributed by atoms with van der Waals surface area (Å²) in [6.07, 6.45) is 2.20. The van der Waals surface area contributed by atoms with E-state index in [-0.39, 0.29) is 65.4 Å². The molecule has 10 heteroatoms. The van der Waals surface area contributed by atoms with Crippen molar-refractivity contribution in [2.45, 2.75) is 87.2 Å². The molecular formula is C47H54N8Y2. The van der Waals surface area contributed by atoms with Gasteiger partial charge in [0.15, 0.2) is 11.7 Å². The second-order valence-corrected chi connectivity index (χ2v) is 12.5. The predicted molar refractivity (Wildman–Crippen MR) is 232 cm³/mol. The molecule has 2 aromatic heterocycles. The van der Waals surface area contributed by atoms with E-state index in [9.17, 15) is 0 Å². The molecule has 0 aliphatic carbocycles. The minimum atomic E-state index is -0.735. The number of rotatable bonds is 3. The molecule has 4 aromatic carbocycles. The van der Waals surface area contributed by atoms with Gasteiger partial charge >= 0.3 is 0 Å². The van der Waals surface area contributed by atoms with Crippen LogP contribution in [0.4, 0.5) is 11.6 Å². The van der Waals surface area contributed by atoms with Gasteiger partial charge in [0.05, 0.1) is 23.6 Å². The first kappa shape index (κ1) is 46.1. The van der Waals surface area contributed by atoms with Crippen molar-refractivity contribution in [2.75, 3.05) is 7.05 Å². The summed E-state index contributed by atoms with van der Waals surface area (Å²) in [5.74, 6) is 4.69. The van der Waals surface area contributed by atoms with E-state index in [1.165, 1.54) is 0 Å². The Balaban J connectivity index is 0.000000681. The van der Waals surface area contributed by atoms with Crippen LogP contribution >= 0.6 is 0 Å². The maximum atomic E-state index is 5.49. The summed E-state index contributed by atoms with van der Waals surface area (Å²) in [5, 5.41) is 4.15. The Bertz CT molecular complexity index is 2660. The molecule has 4 aliphatic rings. The number of aliphatic imine (C=N–C) groups is 3. The maximum Gasteiger partial charge on any atom is 0.273 e. The van der Waals surface area contributed by atoms with E-state index in [1.807, 2.05) is 67.5 Å². The quantitative estimate of drug-likeness (QED) is 0.125. The van der Waals surface area contributed by atoms with Gasteiger partial charge in [0.25, 0.3) is 5.84 Å². The van der Waals surface area contributed by atoms with Gasteiger partial charge in [-0.05, 0) is 24.3 Å². The number of benzene rings is 4. The van der Waals surface area contributed by atoms with Gasteiger partial charge in [0.1, 0.15) is 16.6 Å². The summed E-state index contributed by atoms with van der Waals surface area (Å²) in [7, 11) is 2.11. The molecule has 1 unspecified atom stereocenters. The summed E-state index contributed by atoms with van der Waals surface area (Å²) >= 11 is 0. The number of amidine groups is 4. The molecule has 8 nitrogen and oxygen atoms in total. The molecule has 0 saturated heterocycles. The summed E-state index contributed by atoms with van der Waals surface area (Å²) < 4.78 is 6.97. The number of fused-ring (bicyclic) bond motifs is 14. The van der Waals surface area contributed by atoms with Gasteiger partial charge in [0.2, 0.25) is 17.5 Å². The van der Waals surface area contributed by atoms with Gasteiger partial charge < -0.3 is 6.92 Å². The predicted octanol–water partition coefficient (Wildman–Crippen LogP) is 10.5. The SMILES string of the molecule is CC.CC.CC.CC.[CH2-]CC1(CCC)n2c3c4ccccc4c2[N+](C)=C2N=C(N=c4c5ccccc5c(n41)=NC1=NC(=N3)c3ccccc31)c1ccccc12.[Y].[Y]. The second kappa shape index (κ2) is 19.9. The van der Waals surface area contributed by atoms with Crippen LogP contribution in [0.25, 0.3) is 21.5 Å². The van der Waals surface area contributed by atoms with Gasteiger partial charge in [0, 0.05) is 99.1 Å². The Kier molecular flexibility index (Phi) is 16.1. The third-order valence-corrected chi connectivity index (χ3v) is 10.1. The standard InChI is InChI=1S/C39H30N8.4C2H6.2Y/c1-4-22-39(5-2)46-35-27-18-10-11-19-28(27)36(46)44-33-25-16-8-9-17-26(25)34(41-33)45(3)38-30-21-13-12-20-29(30)37(47(38)39)43-32-24-15-7-6-14-23(24)31(40-32)42-35;4*1-2;;/h6-21H,2,4-5,22H2,1,3H3;4*1-2H3;;. The molecule has 6 aromatic rings. The molecule has 6 heterocycles. The molecule has 0 saturated carbocycles. The molecule has 288 valence electrons. The maximum absolute atomic E-state index is 5.49. The first-order chi connectivity index (χ1) is 27.1. The largest absolute Gasteiger partial charge is 0.338 e. The molecule has 0 N–H and O–H groups in total. The Morgan fingerprint density at radius 1 is 0.526 bits per heavy atom. The van der Waals surface area contributed by atoms with Crippen molar-refractivity contribution in [2.24, 2.45) is 25.0 Å². The smallest absolute Gasteiger partial charge is 0.273 e. The van der Waals surface area contributed by atoms with Gasteiger partial charge in [-0.2, -0.15) is 9.98 Å². The normalized spacial score (nSPS) is 15.8. The van der Waals surface area contributed by atoms with Crippen LogP contribution in [0, 0.1) is 6.92 Å². The zero-order valence-corrected chi connectivity index (χ0v) is 41.0. The van der Waals surface area contributed by atoms with E-state index < -0.39 is 5.66 Å². The van der Waals surface area contributed by atoms with Crippen molar-refractivity contribution in [3.8, 4) is 0 Å². The minimum absolute atomic E-state index is 0. The van der Waals surface area contributed by atoms with Crippen molar-refractivity contribution in [1.82, 2.24) is 9.13 Å².